The van der Waals surface area contributed by atoms with E-state index in [1.807, 2.05) is 23.1 Å². The van der Waals surface area contributed by atoms with Crippen LogP contribution in [-0.2, 0) is 13.0 Å². The Kier molecular flexibility index (Phi) is 9.08. The van der Waals surface area contributed by atoms with E-state index >= 15 is 0 Å². The molecule has 2 aromatic rings. The third kappa shape index (κ3) is 7.33. The van der Waals surface area contributed by atoms with E-state index in [4.69, 9.17) is 4.74 Å². The van der Waals surface area contributed by atoms with E-state index in [0.29, 0.717) is 24.1 Å². The first-order chi connectivity index (χ1) is 17.3. The monoisotopic (exact) mass is 492 g/mol. The van der Waals surface area contributed by atoms with E-state index in [9.17, 15) is 9.90 Å². The number of hydrogen-bond acceptors (Lipinski definition) is 4. The highest BCUT2D eigenvalue weighted by molar-refractivity contribution is 5.95. The van der Waals surface area contributed by atoms with E-state index in [1.165, 1.54) is 24.0 Å². The first-order valence-electron chi connectivity index (χ1n) is 13.8. The minimum atomic E-state index is -0.0691. The van der Waals surface area contributed by atoms with Gasteiger partial charge < -0.3 is 14.7 Å². The molecular weight excluding hydrogens is 448 g/mol. The Hall–Kier alpha value is -2.37. The third-order valence-corrected chi connectivity index (χ3v) is 7.50. The quantitative estimate of drug-likeness (QED) is 0.597. The fourth-order valence-electron chi connectivity index (χ4n) is 5.33. The third-order valence-electron chi connectivity index (χ3n) is 7.50. The molecule has 1 fully saturated rings. The maximum atomic E-state index is 13.3. The molecule has 0 radical (unpaired) electrons. The van der Waals surface area contributed by atoms with E-state index in [1.54, 1.807) is 0 Å². The Morgan fingerprint density at radius 1 is 1.03 bits per heavy atom. The van der Waals surface area contributed by atoms with Crippen molar-refractivity contribution in [2.24, 2.45) is 5.41 Å². The lowest BCUT2D eigenvalue weighted by Gasteiger charge is -2.27. The number of rotatable bonds is 4. The molecule has 196 valence electrons. The molecule has 2 aliphatic rings. The van der Waals surface area contributed by atoms with Gasteiger partial charge in [-0.25, -0.2) is 0 Å². The number of carbonyl (C=O) groups is 1. The number of carbonyl (C=O) groups excluding carboxylic acids is 1. The number of benzene rings is 2. The van der Waals surface area contributed by atoms with Gasteiger partial charge >= 0.3 is 0 Å². The Bertz CT molecular complexity index is 1010. The van der Waals surface area contributed by atoms with Crippen molar-refractivity contribution in [3.63, 3.8) is 0 Å². The van der Waals surface area contributed by atoms with Gasteiger partial charge in [0.2, 0.25) is 0 Å². The SMILES string of the molecule is CC(C)(C)CCN1CCCCCOc2ccc(C(=O)N3CCCC3CO)cc2Cc2cccc(c2)C1. The standard InChI is InChI=1S/C31H44N2O3/c1-31(2,3)14-17-32-15-5-4-6-18-36-29-13-12-26(30(35)33-16-8-11-28(33)23-34)21-27(29)20-24-9-7-10-25(19-24)22-32/h7,9-10,12-13,19,21,28,34H,4-6,8,11,14-18,20,22-23H2,1-3H3. The number of aliphatic hydroxyl groups excluding tert-OH is 1. The normalized spacial score (nSPS) is 19.9. The summed E-state index contributed by atoms with van der Waals surface area (Å²) in [5.74, 6) is 0.887. The number of nitrogens with zero attached hydrogens (tertiary/aromatic N) is 2. The molecule has 0 spiro atoms. The first-order valence-corrected chi connectivity index (χ1v) is 13.8. The number of ether oxygens (including phenoxy) is 1. The maximum absolute atomic E-state index is 13.3. The van der Waals surface area contributed by atoms with Crippen LogP contribution in [0.15, 0.2) is 42.5 Å². The van der Waals surface area contributed by atoms with Crippen molar-refractivity contribution >= 4 is 5.91 Å². The molecule has 1 amide bonds. The van der Waals surface area contributed by atoms with Gasteiger partial charge in [0.15, 0.2) is 0 Å². The Balaban J connectivity index is 1.57. The van der Waals surface area contributed by atoms with Gasteiger partial charge in [-0.15, -0.1) is 0 Å². The number of amides is 1. The van der Waals surface area contributed by atoms with E-state index in [2.05, 4.69) is 49.9 Å². The molecule has 0 aromatic heterocycles. The van der Waals surface area contributed by atoms with Crippen molar-refractivity contribution in [2.45, 2.75) is 78.3 Å². The van der Waals surface area contributed by atoms with Gasteiger partial charge in [-0.3, -0.25) is 9.69 Å². The summed E-state index contributed by atoms with van der Waals surface area (Å²) < 4.78 is 6.25. The van der Waals surface area contributed by atoms with Crippen LogP contribution in [0.25, 0.3) is 0 Å². The molecule has 1 saturated heterocycles. The molecule has 1 atom stereocenters. The second-order valence-electron chi connectivity index (χ2n) is 11.8. The van der Waals surface area contributed by atoms with Crippen molar-refractivity contribution in [3.05, 3.63) is 64.7 Å². The van der Waals surface area contributed by atoms with Gasteiger partial charge in [-0.05, 0) is 91.9 Å². The van der Waals surface area contributed by atoms with Crippen LogP contribution < -0.4 is 4.74 Å². The highest BCUT2D eigenvalue weighted by Crippen LogP contribution is 2.28. The van der Waals surface area contributed by atoms with Gasteiger partial charge in [0.05, 0.1) is 19.3 Å². The zero-order valence-corrected chi connectivity index (χ0v) is 22.5. The van der Waals surface area contributed by atoms with E-state index in [0.717, 1.165) is 63.1 Å². The van der Waals surface area contributed by atoms with E-state index < -0.39 is 0 Å². The molecule has 36 heavy (non-hydrogen) atoms. The predicted octanol–water partition coefficient (Wildman–Crippen LogP) is 5.68. The summed E-state index contributed by atoms with van der Waals surface area (Å²) in [4.78, 5) is 17.7. The van der Waals surface area contributed by atoms with Gasteiger partial charge in [0.25, 0.3) is 5.91 Å². The Morgan fingerprint density at radius 2 is 1.86 bits per heavy atom. The summed E-state index contributed by atoms with van der Waals surface area (Å²) in [5, 5.41) is 9.70. The highest BCUT2D eigenvalue weighted by Gasteiger charge is 2.29. The predicted molar refractivity (Wildman–Crippen MR) is 146 cm³/mol. The first kappa shape index (κ1) is 26.7. The topological polar surface area (TPSA) is 53.0 Å². The van der Waals surface area contributed by atoms with Gasteiger partial charge in [0.1, 0.15) is 5.75 Å². The van der Waals surface area contributed by atoms with Crippen LogP contribution in [0.5, 0.6) is 5.75 Å². The number of likely N-dealkylation sites (tertiary alicyclic amines) is 1. The zero-order valence-electron chi connectivity index (χ0n) is 22.5. The fraction of sp³-hybridized carbons (Fsp3) is 0.581. The van der Waals surface area contributed by atoms with Gasteiger partial charge in [-0.1, -0.05) is 45.0 Å². The molecule has 0 saturated carbocycles. The molecule has 2 aliphatic heterocycles. The molecule has 2 bridgehead atoms. The van der Waals surface area contributed by atoms with Crippen molar-refractivity contribution in [3.8, 4) is 5.75 Å². The molecule has 5 heteroatoms. The molecule has 5 nitrogen and oxygen atoms in total. The lowest BCUT2D eigenvalue weighted by Crippen LogP contribution is -2.37. The summed E-state index contributed by atoms with van der Waals surface area (Å²) in [5.41, 5.74) is 4.66. The summed E-state index contributed by atoms with van der Waals surface area (Å²) in [6.45, 7) is 11.6. The largest absolute Gasteiger partial charge is 0.493 e. The molecule has 1 N–H and O–H groups in total. The van der Waals surface area contributed by atoms with Crippen molar-refractivity contribution < 1.29 is 14.6 Å². The minimum Gasteiger partial charge on any atom is -0.493 e. The Labute approximate surface area is 217 Å². The Morgan fingerprint density at radius 3 is 2.67 bits per heavy atom. The molecule has 4 rings (SSSR count). The average Bonchev–Trinajstić information content (AvgIpc) is 3.33. The number of fused-ring (bicyclic) bond motifs is 3. The van der Waals surface area contributed by atoms with Crippen molar-refractivity contribution in [1.82, 2.24) is 9.80 Å². The molecule has 2 aromatic carbocycles. The summed E-state index contributed by atoms with van der Waals surface area (Å²) in [7, 11) is 0. The van der Waals surface area contributed by atoms with E-state index in [-0.39, 0.29) is 18.6 Å². The minimum absolute atomic E-state index is 0.0111. The summed E-state index contributed by atoms with van der Waals surface area (Å²) in [6.07, 6.45) is 7.10. The number of aliphatic hydroxyl groups is 1. The van der Waals surface area contributed by atoms with Gasteiger partial charge in [-0.2, -0.15) is 0 Å². The second-order valence-corrected chi connectivity index (χ2v) is 11.8. The lowest BCUT2D eigenvalue weighted by molar-refractivity contribution is 0.0677. The molecular formula is C31H44N2O3. The van der Waals surface area contributed by atoms with Crippen LogP contribution in [0.1, 0.15) is 86.3 Å². The summed E-state index contributed by atoms with van der Waals surface area (Å²) >= 11 is 0. The highest BCUT2D eigenvalue weighted by atomic mass is 16.5. The molecule has 0 aliphatic carbocycles. The summed E-state index contributed by atoms with van der Waals surface area (Å²) in [6, 6.07) is 14.7. The van der Waals surface area contributed by atoms with Gasteiger partial charge in [0, 0.05) is 25.1 Å². The second kappa shape index (κ2) is 12.2. The van der Waals surface area contributed by atoms with Crippen LogP contribution in [0.3, 0.4) is 0 Å². The fourth-order valence-corrected chi connectivity index (χ4v) is 5.33. The number of hydrogen-bond donors (Lipinski definition) is 1. The lowest BCUT2D eigenvalue weighted by atomic mass is 9.92. The van der Waals surface area contributed by atoms with Crippen LogP contribution in [0, 0.1) is 5.41 Å². The van der Waals surface area contributed by atoms with Crippen molar-refractivity contribution in [1.29, 1.82) is 0 Å². The average molecular weight is 493 g/mol. The molecule has 1 unspecified atom stereocenters. The van der Waals surface area contributed by atoms with Crippen LogP contribution in [0.2, 0.25) is 0 Å². The van der Waals surface area contributed by atoms with Crippen LogP contribution >= 0.6 is 0 Å². The molecule has 2 heterocycles. The zero-order chi connectivity index (χ0) is 25.5. The van der Waals surface area contributed by atoms with Crippen LogP contribution in [0.4, 0.5) is 0 Å². The smallest absolute Gasteiger partial charge is 0.254 e. The van der Waals surface area contributed by atoms with Crippen LogP contribution in [-0.4, -0.2) is 59.7 Å². The van der Waals surface area contributed by atoms with Crippen molar-refractivity contribution in [2.75, 3.05) is 32.8 Å². The maximum Gasteiger partial charge on any atom is 0.254 e.